The summed E-state index contributed by atoms with van der Waals surface area (Å²) in [5, 5.41) is 121. The van der Waals surface area contributed by atoms with E-state index >= 15 is 0 Å². The summed E-state index contributed by atoms with van der Waals surface area (Å²) in [6.07, 6.45) is 62.6. The Kier molecular flexibility index (Phi) is 63.9. The quantitative estimate of drug-likeness (QED) is 0.0199. The molecule has 0 saturated carbocycles. The highest BCUT2D eigenvalue weighted by molar-refractivity contribution is 5.76. The van der Waals surface area contributed by atoms with Crippen LogP contribution in [0.15, 0.2) is 48.6 Å². The fraction of sp³-hybridized carbons (Fsp3) is 0.899. The van der Waals surface area contributed by atoms with E-state index in [1.807, 2.05) is 6.08 Å². The van der Waals surface area contributed by atoms with Crippen molar-refractivity contribution in [3.05, 3.63) is 48.6 Å². The summed E-state index contributed by atoms with van der Waals surface area (Å²) in [5.41, 5.74) is 0. The van der Waals surface area contributed by atoms with Gasteiger partial charge in [0.25, 0.3) is 0 Å². The van der Waals surface area contributed by atoms with E-state index in [1.165, 1.54) is 295 Å². The van der Waals surface area contributed by atoms with Crippen LogP contribution in [0.1, 0.15) is 380 Å². The first kappa shape index (κ1) is 99.9. The molecule has 17 atom stereocenters. The van der Waals surface area contributed by atoms with E-state index in [2.05, 4.69) is 55.6 Å². The van der Waals surface area contributed by atoms with Gasteiger partial charge in [0.2, 0.25) is 5.91 Å². The number of carbonyl (C=O) groups is 1. The maximum Gasteiger partial charge on any atom is 0.220 e. The molecule has 12 N–H and O–H groups in total. The lowest BCUT2D eigenvalue weighted by atomic mass is 9.96. The summed E-state index contributed by atoms with van der Waals surface area (Å²) < 4.78 is 34.5. The molecule has 0 bridgehead atoms. The number of aliphatic hydroxyl groups is 11. The van der Waals surface area contributed by atoms with Crippen LogP contribution in [0.4, 0.5) is 0 Å². The van der Waals surface area contributed by atoms with Crippen molar-refractivity contribution in [2.24, 2.45) is 0 Å². The Morgan fingerprint density at radius 2 is 0.611 bits per heavy atom. The molecule has 0 aromatic carbocycles. The maximum atomic E-state index is 13.5. The molecule has 19 heteroatoms. The van der Waals surface area contributed by atoms with Crippen LogP contribution < -0.4 is 5.32 Å². The highest BCUT2D eigenvalue weighted by Gasteiger charge is 2.54. The third-order valence-corrected chi connectivity index (χ3v) is 22.4. The minimum absolute atomic E-state index is 0.246. The van der Waals surface area contributed by atoms with Gasteiger partial charge in [-0.05, 0) is 57.8 Å². The van der Waals surface area contributed by atoms with Crippen molar-refractivity contribution in [2.75, 3.05) is 26.4 Å². The number of hydrogen-bond donors (Lipinski definition) is 12. The molecule has 0 aliphatic carbocycles. The van der Waals surface area contributed by atoms with E-state index in [1.54, 1.807) is 6.08 Å². The van der Waals surface area contributed by atoms with Gasteiger partial charge in [-0.2, -0.15) is 0 Å². The lowest BCUT2D eigenvalue weighted by Gasteiger charge is -2.48. The summed E-state index contributed by atoms with van der Waals surface area (Å²) >= 11 is 0. The SMILES string of the molecule is CCCCCCC/C=C\C/C=C\C/C=C\CCCCCCCCCCCCCCCCCCCCCCC(=O)NC(COC1OC(CO)C(OC2OC(CO)C(OC3OC(CO)C(O)C(O)C3O)C(O)C2O)C(O)C1O)C(O)/C=C/CCCCCCCCCCCCCCCCCCCCCCCCCCCC. The standard InChI is InChI=1S/C89H165NO18/c1-3-5-7-9-11-13-15-17-19-21-23-25-27-29-31-33-34-35-36-37-38-39-41-43-45-47-49-51-53-55-57-59-61-63-65-67-77(95)90-72(73(94)66-64-62-60-58-56-54-52-50-48-46-44-42-40-32-30-28-26-24-22-20-18-16-14-12-10-8-6-4-2)71-103-87-83(101)80(98)85(75(69-92)105-87)108-89-84(102)81(99)86(76(70-93)106-89)107-88-82(100)79(97)78(96)74(68-91)104-88/h15,17,21,23,27,29,64,66,72-76,78-89,91-94,96-102H,3-14,16,18-20,22,24-26,28,30-63,65,67-71H2,1-2H3,(H,90,95)/b17-15-,23-21-,29-27-,66-64+. The first-order chi connectivity index (χ1) is 52.8. The first-order valence-corrected chi connectivity index (χ1v) is 44.9. The van der Waals surface area contributed by atoms with E-state index in [9.17, 15) is 61.0 Å². The molecular weight excluding hydrogens is 1370 g/mol. The Bertz CT molecular complexity index is 2130. The number of allylic oxidation sites excluding steroid dienone is 7. The number of nitrogens with one attached hydrogen (secondary N) is 1. The van der Waals surface area contributed by atoms with Gasteiger partial charge in [-0.1, -0.05) is 364 Å². The second-order valence-electron chi connectivity index (χ2n) is 32.1. The predicted octanol–water partition coefficient (Wildman–Crippen LogP) is 16.8. The van der Waals surface area contributed by atoms with Crippen LogP contribution >= 0.6 is 0 Å². The van der Waals surface area contributed by atoms with Crippen molar-refractivity contribution in [1.29, 1.82) is 0 Å². The van der Waals surface area contributed by atoms with Gasteiger partial charge in [0.1, 0.15) is 73.2 Å². The zero-order valence-electron chi connectivity index (χ0n) is 68.3. The van der Waals surface area contributed by atoms with Crippen LogP contribution in [0.3, 0.4) is 0 Å². The van der Waals surface area contributed by atoms with E-state index in [4.69, 9.17) is 28.4 Å². The van der Waals surface area contributed by atoms with Crippen molar-refractivity contribution in [1.82, 2.24) is 5.32 Å². The monoisotopic (exact) mass is 1540 g/mol. The molecule has 3 heterocycles. The summed E-state index contributed by atoms with van der Waals surface area (Å²) in [6, 6.07) is -0.975. The fourth-order valence-electron chi connectivity index (χ4n) is 15.2. The molecule has 634 valence electrons. The van der Waals surface area contributed by atoms with Crippen LogP contribution in [-0.2, 0) is 33.2 Å². The van der Waals surface area contributed by atoms with E-state index in [-0.39, 0.29) is 18.9 Å². The smallest absolute Gasteiger partial charge is 0.220 e. The van der Waals surface area contributed by atoms with Crippen molar-refractivity contribution < 1.29 is 89.4 Å². The number of rotatable bonds is 73. The van der Waals surface area contributed by atoms with E-state index < -0.39 is 124 Å². The highest BCUT2D eigenvalue weighted by Crippen LogP contribution is 2.34. The summed E-state index contributed by atoms with van der Waals surface area (Å²) in [6.45, 7) is 1.79. The number of amides is 1. The van der Waals surface area contributed by atoms with Gasteiger partial charge < -0.3 is 89.9 Å². The molecule has 0 spiro atoms. The minimum Gasteiger partial charge on any atom is -0.394 e. The molecule has 17 unspecified atom stereocenters. The largest absolute Gasteiger partial charge is 0.394 e. The van der Waals surface area contributed by atoms with Crippen LogP contribution in [0.2, 0.25) is 0 Å². The van der Waals surface area contributed by atoms with E-state index in [0.29, 0.717) is 6.42 Å². The molecule has 1 amide bonds. The Balaban J connectivity index is 1.33. The van der Waals surface area contributed by atoms with Crippen LogP contribution in [0.5, 0.6) is 0 Å². The number of aliphatic hydroxyl groups excluding tert-OH is 11. The molecule has 0 radical (unpaired) electrons. The maximum absolute atomic E-state index is 13.5. The van der Waals surface area contributed by atoms with Gasteiger partial charge in [-0.25, -0.2) is 0 Å². The lowest BCUT2D eigenvalue weighted by Crippen LogP contribution is -2.66. The van der Waals surface area contributed by atoms with Gasteiger partial charge in [-0.15, -0.1) is 0 Å². The zero-order chi connectivity index (χ0) is 78.1. The van der Waals surface area contributed by atoms with Crippen LogP contribution in [-0.4, -0.2) is 193 Å². The molecule has 19 nitrogen and oxygen atoms in total. The average Bonchev–Trinajstić information content (AvgIpc) is 0.774. The molecule has 108 heavy (non-hydrogen) atoms. The third kappa shape index (κ3) is 47.6. The van der Waals surface area contributed by atoms with Crippen molar-refractivity contribution in [3.63, 3.8) is 0 Å². The fourth-order valence-corrected chi connectivity index (χ4v) is 15.2. The number of ether oxygens (including phenoxy) is 6. The van der Waals surface area contributed by atoms with Gasteiger partial charge in [0.15, 0.2) is 18.9 Å². The summed E-state index contributed by atoms with van der Waals surface area (Å²) in [5.74, 6) is -0.268. The Morgan fingerprint density at radius 1 is 0.333 bits per heavy atom. The predicted molar refractivity (Wildman–Crippen MR) is 434 cm³/mol. The third-order valence-electron chi connectivity index (χ3n) is 22.4. The highest BCUT2D eigenvalue weighted by atomic mass is 16.8. The van der Waals surface area contributed by atoms with E-state index in [0.717, 1.165) is 57.8 Å². The Morgan fingerprint density at radius 3 is 0.954 bits per heavy atom. The molecule has 3 aliphatic rings. The first-order valence-electron chi connectivity index (χ1n) is 44.9. The van der Waals surface area contributed by atoms with Gasteiger partial charge in [0.05, 0.1) is 38.6 Å². The van der Waals surface area contributed by atoms with Gasteiger partial charge >= 0.3 is 0 Å². The molecule has 0 aromatic rings. The summed E-state index contributed by atoms with van der Waals surface area (Å²) in [7, 11) is 0. The lowest BCUT2D eigenvalue weighted by molar-refractivity contribution is -0.379. The second kappa shape index (κ2) is 69.1. The summed E-state index contributed by atoms with van der Waals surface area (Å²) in [4.78, 5) is 13.5. The number of unbranched alkanes of at least 4 members (excludes halogenated alkanes) is 51. The molecule has 3 fully saturated rings. The van der Waals surface area contributed by atoms with Gasteiger partial charge in [0, 0.05) is 6.42 Å². The second-order valence-corrected chi connectivity index (χ2v) is 32.1. The van der Waals surface area contributed by atoms with Crippen LogP contribution in [0, 0.1) is 0 Å². The average molecular weight is 1540 g/mol. The topological polar surface area (TPSA) is 307 Å². The van der Waals surface area contributed by atoms with Crippen molar-refractivity contribution >= 4 is 5.91 Å². The molecule has 3 saturated heterocycles. The Hall–Kier alpha value is -2.25. The Labute approximate surface area is 656 Å². The zero-order valence-corrected chi connectivity index (χ0v) is 68.3. The van der Waals surface area contributed by atoms with Crippen molar-refractivity contribution in [2.45, 2.75) is 484 Å². The molecule has 3 aliphatic heterocycles. The van der Waals surface area contributed by atoms with Crippen LogP contribution in [0.25, 0.3) is 0 Å². The number of hydrogen-bond acceptors (Lipinski definition) is 18. The van der Waals surface area contributed by atoms with Gasteiger partial charge in [-0.3, -0.25) is 4.79 Å². The minimum atomic E-state index is -1.98. The molecule has 0 aromatic heterocycles. The normalized spacial score (nSPS) is 25.6. The molecule has 3 rings (SSSR count). The van der Waals surface area contributed by atoms with Crippen molar-refractivity contribution in [3.8, 4) is 0 Å². The number of carbonyl (C=O) groups excluding carboxylic acids is 1. The molecular formula is C89H165NO18.